The van der Waals surface area contributed by atoms with E-state index in [0.717, 1.165) is 21.3 Å². The molecule has 0 atom stereocenters. The molecular formula is C32H30BrFN4O3. The summed E-state index contributed by atoms with van der Waals surface area (Å²) in [5, 5.41) is 15.8. The van der Waals surface area contributed by atoms with Gasteiger partial charge in [-0.3, -0.25) is 4.79 Å². The maximum atomic E-state index is 13.4. The summed E-state index contributed by atoms with van der Waals surface area (Å²) < 4.78 is 20.6. The van der Waals surface area contributed by atoms with E-state index in [1.165, 1.54) is 0 Å². The molecule has 0 aliphatic carbocycles. The van der Waals surface area contributed by atoms with Gasteiger partial charge in [-0.2, -0.15) is 5.10 Å². The van der Waals surface area contributed by atoms with Gasteiger partial charge in [0.15, 0.2) is 5.65 Å². The molecule has 1 N–H and O–H groups in total. The fraction of sp³-hybridized carbons (Fsp3) is 0.219. The van der Waals surface area contributed by atoms with Crippen molar-refractivity contribution < 1.29 is 19.0 Å². The molecule has 2 aromatic heterocycles. The van der Waals surface area contributed by atoms with Gasteiger partial charge in [0.2, 0.25) is 5.91 Å². The second kappa shape index (κ2) is 12.5. The molecular weight excluding hydrogens is 587 g/mol. The molecule has 0 aliphatic rings. The van der Waals surface area contributed by atoms with Crippen molar-refractivity contribution in [1.29, 1.82) is 0 Å². The van der Waals surface area contributed by atoms with Gasteiger partial charge in [0.1, 0.15) is 24.8 Å². The number of benzene rings is 3. The summed E-state index contributed by atoms with van der Waals surface area (Å²) in [6.45, 7) is 4.49. The molecule has 0 fully saturated rings. The molecule has 0 unspecified atom stereocenters. The van der Waals surface area contributed by atoms with E-state index >= 15 is 0 Å². The first kappa shape index (κ1) is 28.3. The summed E-state index contributed by atoms with van der Waals surface area (Å²) in [6.07, 6.45) is 0.0930. The van der Waals surface area contributed by atoms with Gasteiger partial charge in [0, 0.05) is 39.8 Å². The quantitative estimate of drug-likeness (QED) is 0.183. The number of phenols is 1. The minimum Gasteiger partial charge on any atom is -0.507 e. The number of hydrogen-bond acceptors (Lipinski definition) is 5. The lowest BCUT2D eigenvalue weighted by Gasteiger charge is -2.18. The van der Waals surface area contributed by atoms with Crippen LogP contribution in [-0.2, 0) is 11.2 Å². The van der Waals surface area contributed by atoms with Crippen molar-refractivity contribution in [3.8, 4) is 45.3 Å². The zero-order chi connectivity index (χ0) is 28.9. The summed E-state index contributed by atoms with van der Waals surface area (Å²) in [5.74, 6) is 0.604. The Bertz CT molecular complexity index is 1670. The Labute approximate surface area is 246 Å². The van der Waals surface area contributed by atoms with Crippen LogP contribution >= 0.6 is 15.9 Å². The van der Waals surface area contributed by atoms with E-state index in [4.69, 9.17) is 14.8 Å². The maximum Gasteiger partial charge on any atom is 0.227 e. The Hall–Kier alpha value is -4.24. The van der Waals surface area contributed by atoms with E-state index in [1.807, 2.05) is 68.4 Å². The lowest BCUT2D eigenvalue weighted by Crippen LogP contribution is -2.31. The fourth-order valence-electron chi connectivity index (χ4n) is 4.83. The number of nitrogens with zero attached hydrogens (tertiary/aromatic N) is 4. The van der Waals surface area contributed by atoms with E-state index in [-0.39, 0.29) is 24.7 Å². The van der Waals surface area contributed by atoms with Gasteiger partial charge in [-0.1, -0.05) is 46.3 Å². The predicted octanol–water partition coefficient (Wildman–Crippen LogP) is 6.96. The number of carbonyl (C=O) groups is 1. The van der Waals surface area contributed by atoms with E-state index in [1.54, 1.807) is 33.7 Å². The van der Waals surface area contributed by atoms with Crippen molar-refractivity contribution in [2.24, 2.45) is 0 Å². The molecule has 0 spiro atoms. The number of aromatic hydroxyl groups is 1. The lowest BCUT2D eigenvalue weighted by atomic mass is 10.0. The van der Waals surface area contributed by atoms with E-state index in [0.29, 0.717) is 47.0 Å². The van der Waals surface area contributed by atoms with Crippen LogP contribution in [0.25, 0.3) is 39.4 Å². The molecule has 210 valence electrons. The monoisotopic (exact) mass is 616 g/mol. The molecule has 0 bridgehead atoms. The Balaban J connectivity index is 1.78. The summed E-state index contributed by atoms with van der Waals surface area (Å²) in [4.78, 5) is 20.2. The van der Waals surface area contributed by atoms with Crippen molar-refractivity contribution in [2.75, 3.05) is 26.4 Å². The van der Waals surface area contributed by atoms with Gasteiger partial charge in [0.05, 0.1) is 23.5 Å². The summed E-state index contributed by atoms with van der Waals surface area (Å²) in [5.41, 5.74) is 5.35. The molecule has 2 heterocycles. The first-order chi connectivity index (χ1) is 19.9. The third kappa shape index (κ3) is 5.95. The minimum absolute atomic E-state index is 0.0209. The van der Waals surface area contributed by atoms with Gasteiger partial charge in [-0.05, 0) is 62.4 Å². The van der Waals surface area contributed by atoms with Crippen LogP contribution < -0.4 is 4.74 Å². The normalized spacial score (nSPS) is 11.1. The molecule has 3 aromatic carbocycles. The number of carbonyl (C=O) groups excluding carboxylic acids is 1. The van der Waals surface area contributed by atoms with Gasteiger partial charge in [0.25, 0.3) is 0 Å². The van der Waals surface area contributed by atoms with Crippen molar-refractivity contribution in [3.05, 3.63) is 88.9 Å². The number of ether oxygens (including phenoxy) is 1. The van der Waals surface area contributed by atoms with Crippen molar-refractivity contribution >= 4 is 27.5 Å². The van der Waals surface area contributed by atoms with Crippen LogP contribution in [0.3, 0.4) is 0 Å². The van der Waals surface area contributed by atoms with Crippen molar-refractivity contribution in [3.63, 3.8) is 0 Å². The highest BCUT2D eigenvalue weighted by Crippen LogP contribution is 2.36. The predicted molar refractivity (Wildman–Crippen MR) is 162 cm³/mol. The molecule has 7 nitrogen and oxygen atoms in total. The number of halogens is 2. The van der Waals surface area contributed by atoms with Gasteiger partial charge in [-0.25, -0.2) is 13.9 Å². The first-order valence-electron chi connectivity index (χ1n) is 13.5. The number of hydrogen-bond donors (Lipinski definition) is 1. The SMILES string of the molecule is CCN(CC)C(=O)Cc1c(-c2ccc(OCCF)cc2)nn2c(-c3ccccc3)cc(-c3cc(Br)ccc3O)nc12. The van der Waals surface area contributed by atoms with Crippen LogP contribution in [-0.4, -0.2) is 56.9 Å². The summed E-state index contributed by atoms with van der Waals surface area (Å²) >= 11 is 3.50. The average molecular weight is 618 g/mol. The highest BCUT2D eigenvalue weighted by atomic mass is 79.9. The van der Waals surface area contributed by atoms with E-state index in [2.05, 4.69) is 15.9 Å². The largest absolute Gasteiger partial charge is 0.507 e. The standard InChI is InChI=1S/C32H30BrFN4O3/c1-3-37(4-2)30(40)19-26-31(22-10-13-24(14-11-22)41-17-16-34)36-38-28(21-8-6-5-7-9-21)20-27(35-32(26)38)25-18-23(33)12-15-29(25)39/h5-15,18,20,39H,3-4,16-17,19H2,1-2H3. The Morgan fingerprint density at radius 2 is 1.73 bits per heavy atom. The summed E-state index contributed by atoms with van der Waals surface area (Å²) in [6, 6.07) is 24.1. The molecule has 41 heavy (non-hydrogen) atoms. The van der Waals surface area contributed by atoms with E-state index < -0.39 is 6.67 Å². The topological polar surface area (TPSA) is 80.0 Å². The Morgan fingerprint density at radius 3 is 2.41 bits per heavy atom. The molecule has 5 aromatic rings. The molecule has 9 heteroatoms. The molecule has 5 rings (SSSR count). The van der Waals surface area contributed by atoms with Gasteiger partial charge in [-0.15, -0.1) is 0 Å². The second-order valence-electron chi connectivity index (χ2n) is 9.42. The molecule has 0 aliphatic heterocycles. The number of phenolic OH excluding ortho intramolecular Hbond substituents is 1. The Morgan fingerprint density at radius 1 is 1.00 bits per heavy atom. The van der Waals surface area contributed by atoms with E-state index in [9.17, 15) is 14.3 Å². The number of fused-ring (bicyclic) bond motifs is 1. The number of rotatable bonds is 10. The first-order valence-corrected chi connectivity index (χ1v) is 14.3. The molecule has 0 saturated carbocycles. The van der Waals surface area contributed by atoms with Crippen LogP contribution in [0.2, 0.25) is 0 Å². The van der Waals surface area contributed by atoms with Crippen LogP contribution in [0, 0.1) is 0 Å². The highest BCUT2D eigenvalue weighted by Gasteiger charge is 2.24. The van der Waals surface area contributed by atoms with Gasteiger partial charge < -0.3 is 14.7 Å². The zero-order valence-electron chi connectivity index (χ0n) is 22.8. The number of likely N-dealkylation sites (N-methyl/N-ethyl adjacent to an activating group) is 1. The highest BCUT2D eigenvalue weighted by molar-refractivity contribution is 9.10. The zero-order valence-corrected chi connectivity index (χ0v) is 24.4. The minimum atomic E-state index is -0.574. The van der Waals surface area contributed by atoms with Gasteiger partial charge >= 0.3 is 0 Å². The number of alkyl halides is 1. The summed E-state index contributed by atoms with van der Waals surface area (Å²) in [7, 11) is 0. The van der Waals surface area contributed by atoms with Crippen molar-refractivity contribution in [1.82, 2.24) is 19.5 Å². The van der Waals surface area contributed by atoms with Crippen LogP contribution in [0.15, 0.2) is 83.3 Å². The number of amides is 1. The molecule has 0 saturated heterocycles. The Kier molecular flexibility index (Phi) is 8.64. The van der Waals surface area contributed by atoms with Crippen molar-refractivity contribution in [2.45, 2.75) is 20.3 Å². The van der Waals surface area contributed by atoms with Crippen LogP contribution in [0.5, 0.6) is 11.5 Å². The van der Waals surface area contributed by atoms with Crippen LogP contribution in [0.1, 0.15) is 19.4 Å². The van der Waals surface area contributed by atoms with Crippen LogP contribution in [0.4, 0.5) is 4.39 Å². The average Bonchev–Trinajstić information content (AvgIpc) is 3.36. The second-order valence-corrected chi connectivity index (χ2v) is 10.3. The smallest absolute Gasteiger partial charge is 0.227 e. The third-order valence-electron chi connectivity index (χ3n) is 6.91. The molecule has 0 radical (unpaired) electrons. The maximum absolute atomic E-state index is 13.4. The molecule has 1 amide bonds. The number of aromatic nitrogens is 3. The third-order valence-corrected chi connectivity index (χ3v) is 7.40. The lowest BCUT2D eigenvalue weighted by molar-refractivity contribution is -0.130. The fourth-order valence-corrected chi connectivity index (χ4v) is 5.19.